The Hall–Kier alpha value is -1.97. The van der Waals surface area contributed by atoms with Crippen molar-refractivity contribution in [3.05, 3.63) is 35.7 Å². The van der Waals surface area contributed by atoms with E-state index in [1.807, 2.05) is 20.2 Å². The molecule has 0 saturated carbocycles. The number of benzene rings is 1. The van der Waals surface area contributed by atoms with E-state index in [2.05, 4.69) is 59.0 Å². The molecule has 1 aromatic heterocycles. The first-order valence-corrected chi connectivity index (χ1v) is 6.05. The zero-order valence-corrected chi connectivity index (χ0v) is 11.7. The number of nitrogens with zero attached hydrogens (tertiary/aromatic N) is 3. The lowest BCUT2D eigenvalue weighted by Crippen LogP contribution is -2.11. The van der Waals surface area contributed by atoms with Crippen LogP contribution in [0, 0.1) is 13.8 Å². The van der Waals surface area contributed by atoms with Crippen LogP contribution < -0.4 is 10.2 Å². The number of anilines is 2. The Kier molecular flexibility index (Phi) is 3.28. The first kappa shape index (κ1) is 12.5. The quantitative estimate of drug-likeness (QED) is 0.901. The smallest absolute Gasteiger partial charge is 0.207 e. The van der Waals surface area contributed by atoms with Crippen LogP contribution in [0.2, 0.25) is 0 Å². The van der Waals surface area contributed by atoms with Crippen molar-refractivity contribution < 1.29 is 0 Å². The van der Waals surface area contributed by atoms with Gasteiger partial charge in [-0.2, -0.15) is 0 Å². The molecule has 0 fully saturated rings. The van der Waals surface area contributed by atoms with Gasteiger partial charge in [0.15, 0.2) is 0 Å². The van der Waals surface area contributed by atoms with Crippen LogP contribution in [0.5, 0.6) is 0 Å². The summed E-state index contributed by atoms with van der Waals surface area (Å²) in [6, 6.07) is 6.43. The lowest BCUT2D eigenvalue weighted by Gasteiger charge is -2.17. The lowest BCUT2D eigenvalue weighted by molar-refractivity contribution is 1.04. The SMILES string of the molecule is CNc1nc(C)cn1-c1ccc(C)c(N(C)C)c1. The molecule has 2 aromatic rings. The highest BCUT2D eigenvalue weighted by molar-refractivity contribution is 5.59. The fourth-order valence-electron chi connectivity index (χ4n) is 2.10. The van der Waals surface area contributed by atoms with Crippen molar-refractivity contribution in [2.75, 3.05) is 31.4 Å². The van der Waals surface area contributed by atoms with Gasteiger partial charge < -0.3 is 10.2 Å². The van der Waals surface area contributed by atoms with Crippen molar-refractivity contribution in [1.29, 1.82) is 0 Å². The Morgan fingerprint density at radius 3 is 2.56 bits per heavy atom. The molecule has 96 valence electrons. The first-order valence-electron chi connectivity index (χ1n) is 6.05. The van der Waals surface area contributed by atoms with Gasteiger partial charge in [-0.3, -0.25) is 4.57 Å². The van der Waals surface area contributed by atoms with Crippen LogP contribution >= 0.6 is 0 Å². The largest absolute Gasteiger partial charge is 0.377 e. The zero-order chi connectivity index (χ0) is 13.3. The fraction of sp³-hybridized carbons (Fsp3) is 0.357. The summed E-state index contributed by atoms with van der Waals surface area (Å²) >= 11 is 0. The van der Waals surface area contributed by atoms with E-state index in [0.29, 0.717) is 0 Å². The normalized spacial score (nSPS) is 10.5. The molecular formula is C14H20N4. The molecule has 1 N–H and O–H groups in total. The number of hydrogen-bond acceptors (Lipinski definition) is 3. The fourth-order valence-corrected chi connectivity index (χ4v) is 2.10. The van der Waals surface area contributed by atoms with Crippen LogP contribution in [0.3, 0.4) is 0 Å². The summed E-state index contributed by atoms with van der Waals surface area (Å²) in [5.74, 6) is 0.862. The van der Waals surface area contributed by atoms with E-state index in [0.717, 1.165) is 17.3 Å². The summed E-state index contributed by atoms with van der Waals surface area (Å²) in [6.45, 7) is 4.12. The third kappa shape index (κ3) is 2.18. The van der Waals surface area contributed by atoms with Crippen LogP contribution in [0.1, 0.15) is 11.3 Å². The molecule has 1 heterocycles. The van der Waals surface area contributed by atoms with E-state index < -0.39 is 0 Å². The highest BCUT2D eigenvalue weighted by atomic mass is 15.2. The molecule has 0 spiro atoms. The van der Waals surface area contributed by atoms with E-state index >= 15 is 0 Å². The Labute approximate surface area is 108 Å². The number of nitrogens with one attached hydrogen (secondary N) is 1. The number of aromatic nitrogens is 2. The van der Waals surface area contributed by atoms with Gasteiger partial charge in [-0.05, 0) is 31.5 Å². The Morgan fingerprint density at radius 1 is 1.22 bits per heavy atom. The third-order valence-electron chi connectivity index (χ3n) is 3.00. The molecule has 0 radical (unpaired) electrons. The average molecular weight is 244 g/mol. The number of aryl methyl sites for hydroxylation is 2. The molecule has 0 aliphatic carbocycles. The van der Waals surface area contributed by atoms with E-state index in [1.54, 1.807) is 0 Å². The summed E-state index contributed by atoms with van der Waals surface area (Å²) < 4.78 is 2.07. The molecule has 18 heavy (non-hydrogen) atoms. The second-order valence-electron chi connectivity index (χ2n) is 4.69. The second kappa shape index (κ2) is 4.72. The van der Waals surface area contributed by atoms with Crippen molar-refractivity contribution in [2.24, 2.45) is 0 Å². The summed E-state index contributed by atoms with van der Waals surface area (Å²) in [7, 11) is 6.01. The highest BCUT2D eigenvalue weighted by Crippen LogP contribution is 2.24. The van der Waals surface area contributed by atoms with Crippen LogP contribution in [-0.2, 0) is 0 Å². The maximum Gasteiger partial charge on any atom is 0.207 e. The molecular weight excluding hydrogens is 224 g/mol. The number of hydrogen-bond donors (Lipinski definition) is 1. The molecule has 4 heteroatoms. The van der Waals surface area contributed by atoms with Crippen molar-refractivity contribution in [3.63, 3.8) is 0 Å². The van der Waals surface area contributed by atoms with Gasteiger partial charge in [0.2, 0.25) is 5.95 Å². The predicted molar refractivity (Wildman–Crippen MR) is 76.9 cm³/mol. The molecule has 0 atom stereocenters. The van der Waals surface area contributed by atoms with Crippen molar-refractivity contribution in [3.8, 4) is 5.69 Å². The molecule has 4 nitrogen and oxygen atoms in total. The molecule has 0 saturated heterocycles. The molecule has 0 amide bonds. The molecule has 0 unspecified atom stereocenters. The number of imidazole rings is 1. The van der Waals surface area contributed by atoms with Crippen LogP contribution in [0.25, 0.3) is 5.69 Å². The third-order valence-corrected chi connectivity index (χ3v) is 3.00. The van der Waals surface area contributed by atoms with Gasteiger partial charge in [-0.15, -0.1) is 0 Å². The summed E-state index contributed by atoms with van der Waals surface area (Å²) in [4.78, 5) is 6.57. The van der Waals surface area contributed by atoms with Gasteiger partial charge in [0.05, 0.1) is 11.4 Å². The van der Waals surface area contributed by atoms with E-state index in [1.165, 1.54) is 11.3 Å². The summed E-state index contributed by atoms with van der Waals surface area (Å²) in [5, 5.41) is 3.12. The second-order valence-corrected chi connectivity index (χ2v) is 4.69. The monoisotopic (exact) mass is 244 g/mol. The molecule has 2 rings (SSSR count). The minimum Gasteiger partial charge on any atom is -0.377 e. The average Bonchev–Trinajstić information content (AvgIpc) is 2.70. The van der Waals surface area contributed by atoms with Gasteiger partial charge in [0.1, 0.15) is 0 Å². The molecule has 0 bridgehead atoms. The molecule has 0 aliphatic rings. The Bertz CT molecular complexity index is 555. The van der Waals surface area contributed by atoms with Crippen molar-refractivity contribution in [1.82, 2.24) is 9.55 Å². The van der Waals surface area contributed by atoms with E-state index in [9.17, 15) is 0 Å². The first-order chi connectivity index (χ1) is 8.52. The lowest BCUT2D eigenvalue weighted by atomic mass is 10.1. The summed E-state index contributed by atoms with van der Waals surface area (Å²) in [6.07, 6.45) is 2.04. The van der Waals surface area contributed by atoms with Gasteiger partial charge >= 0.3 is 0 Å². The van der Waals surface area contributed by atoms with Gasteiger partial charge in [0, 0.05) is 33.0 Å². The van der Waals surface area contributed by atoms with Crippen LogP contribution in [0.4, 0.5) is 11.6 Å². The minimum absolute atomic E-state index is 0.862. The minimum atomic E-state index is 0.862. The van der Waals surface area contributed by atoms with Gasteiger partial charge in [-0.25, -0.2) is 4.98 Å². The maximum atomic E-state index is 4.44. The topological polar surface area (TPSA) is 33.1 Å². The van der Waals surface area contributed by atoms with Crippen molar-refractivity contribution >= 4 is 11.6 Å². The van der Waals surface area contributed by atoms with Crippen molar-refractivity contribution in [2.45, 2.75) is 13.8 Å². The van der Waals surface area contributed by atoms with Gasteiger partial charge in [0.25, 0.3) is 0 Å². The Morgan fingerprint density at radius 2 is 1.94 bits per heavy atom. The highest BCUT2D eigenvalue weighted by Gasteiger charge is 2.08. The standard InChI is InChI=1S/C14H20N4/c1-10-6-7-12(8-13(10)17(4)5)18-9-11(2)16-14(18)15-3/h6-9H,1-5H3,(H,15,16). The predicted octanol–water partition coefficient (Wildman–Crippen LogP) is 2.60. The van der Waals surface area contributed by atoms with Gasteiger partial charge in [-0.1, -0.05) is 6.07 Å². The van der Waals surface area contributed by atoms with Crippen LogP contribution in [0.15, 0.2) is 24.4 Å². The van der Waals surface area contributed by atoms with E-state index in [4.69, 9.17) is 0 Å². The molecule has 1 aromatic carbocycles. The maximum absolute atomic E-state index is 4.44. The molecule has 0 aliphatic heterocycles. The van der Waals surface area contributed by atoms with E-state index in [-0.39, 0.29) is 0 Å². The number of rotatable bonds is 3. The summed E-state index contributed by atoms with van der Waals surface area (Å²) in [5.41, 5.74) is 4.62. The van der Waals surface area contributed by atoms with Crippen LogP contribution in [-0.4, -0.2) is 30.7 Å². The zero-order valence-electron chi connectivity index (χ0n) is 11.7. The Balaban J connectivity index is 2.53.